The number of carbonyl (C=O) groups is 2. The number of rotatable bonds is 3. The average molecular weight is 361 g/mol. The van der Waals surface area contributed by atoms with Gasteiger partial charge in [-0.05, 0) is 31.1 Å². The Balaban J connectivity index is 1.23. The maximum absolute atomic E-state index is 12.9. The third-order valence-corrected chi connectivity index (χ3v) is 7.69. The van der Waals surface area contributed by atoms with E-state index < -0.39 is 0 Å². The monoisotopic (exact) mass is 360 g/mol. The molecule has 1 aliphatic heterocycles. The van der Waals surface area contributed by atoms with Gasteiger partial charge in [0, 0.05) is 25.6 Å². The number of carbonyl (C=O) groups excluding carboxylic acids is 2. The Kier molecular flexibility index (Phi) is 5.04. The Morgan fingerprint density at radius 1 is 0.808 bits per heavy atom. The van der Waals surface area contributed by atoms with Crippen LogP contribution < -0.4 is 5.32 Å². The van der Waals surface area contributed by atoms with Crippen molar-refractivity contribution in [2.45, 2.75) is 95.9 Å². The fourth-order valence-electron chi connectivity index (χ4n) is 6.32. The largest absolute Gasteiger partial charge is 0.351 e. The number of nitrogens with one attached hydrogen (secondary N) is 1. The topological polar surface area (TPSA) is 49.4 Å². The minimum Gasteiger partial charge on any atom is -0.351 e. The first-order valence-corrected chi connectivity index (χ1v) is 11.1. The highest BCUT2D eigenvalue weighted by Crippen LogP contribution is 2.68. The lowest BCUT2D eigenvalue weighted by molar-refractivity contribution is -0.199. The molecule has 4 nitrogen and oxygen atoms in total. The van der Waals surface area contributed by atoms with Crippen molar-refractivity contribution in [2.24, 2.45) is 17.3 Å². The van der Waals surface area contributed by atoms with Crippen LogP contribution in [0.1, 0.15) is 90.4 Å². The maximum Gasteiger partial charge on any atom is 0.229 e. The van der Waals surface area contributed by atoms with Crippen LogP contribution in [0.25, 0.3) is 0 Å². The summed E-state index contributed by atoms with van der Waals surface area (Å²) in [5.74, 6) is 2.02. The molecular weight excluding hydrogens is 324 g/mol. The summed E-state index contributed by atoms with van der Waals surface area (Å²) in [7, 11) is 0. The van der Waals surface area contributed by atoms with Crippen LogP contribution in [0.4, 0.5) is 0 Å². The second-order valence-corrected chi connectivity index (χ2v) is 9.91. The smallest absolute Gasteiger partial charge is 0.229 e. The van der Waals surface area contributed by atoms with Crippen LogP contribution in [0, 0.1) is 17.3 Å². The summed E-state index contributed by atoms with van der Waals surface area (Å²) >= 11 is 0. The molecule has 0 radical (unpaired) electrons. The Bertz CT molecular complexity index is 521. The van der Waals surface area contributed by atoms with E-state index >= 15 is 0 Å². The summed E-state index contributed by atoms with van der Waals surface area (Å²) in [4.78, 5) is 26.3. The molecule has 4 aliphatic carbocycles. The molecule has 146 valence electrons. The molecule has 0 aromatic heterocycles. The van der Waals surface area contributed by atoms with Gasteiger partial charge in [0.25, 0.3) is 0 Å². The molecule has 2 amide bonds. The molecule has 1 saturated heterocycles. The predicted octanol–water partition coefficient (Wildman–Crippen LogP) is 4.03. The molecular formula is C22H36N2O2. The van der Waals surface area contributed by atoms with Gasteiger partial charge < -0.3 is 10.2 Å². The van der Waals surface area contributed by atoms with Crippen LogP contribution in [0.2, 0.25) is 0 Å². The van der Waals surface area contributed by atoms with Gasteiger partial charge in [0.2, 0.25) is 11.8 Å². The predicted molar refractivity (Wildman–Crippen MR) is 103 cm³/mol. The summed E-state index contributed by atoms with van der Waals surface area (Å²) < 4.78 is 0. The van der Waals surface area contributed by atoms with Crippen molar-refractivity contribution in [3.8, 4) is 0 Å². The quantitative estimate of drug-likeness (QED) is 0.826. The van der Waals surface area contributed by atoms with Crippen LogP contribution in [-0.2, 0) is 9.59 Å². The lowest BCUT2D eigenvalue weighted by atomic mass is 9.38. The highest BCUT2D eigenvalue weighted by molar-refractivity contribution is 5.89. The highest BCUT2D eigenvalue weighted by atomic mass is 16.2. The third kappa shape index (κ3) is 3.41. The second-order valence-electron chi connectivity index (χ2n) is 9.91. The summed E-state index contributed by atoms with van der Waals surface area (Å²) in [6, 6.07) is 0. The highest BCUT2D eigenvalue weighted by Gasteiger charge is 2.73. The van der Waals surface area contributed by atoms with Crippen molar-refractivity contribution in [1.82, 2.24) is 10.2 Å². The van der Waals surface area contributed by atoms with E-state index in [1.165, 1.54) is 64.2 Å². The lowest BCUT2D eigenvalue weighted by Gasteiger charge is -2.70. The average Bonchev–Trinajstić information content (AvgIpc) is 2.53. The second kappa shape index (κ2) is 7.16. The molecule has 1 N–H and O–H groups in total. The maximum atomic E-state index is 12.9. The van der Waals surface area contributed by atoms with Crippen molar-refractivity contribution in [1.29, 1.82) is 0 Å². The van der Waals surface area contributed by atoms with Gasteiger partial charge in [-0.2, -0.15) is 0 Å². The number of hydrogen-bond acceptors (Lipinski definition) is 2. The van der Waals surface area contributed by atoms with Crippen molar-refractivity contribution >= 4 is 11.8 Å². The Labute approximate surface area is 158 Å². The van der Waals surface area contributed by atoms with E-state index in [0.29, 0.717) is 5.91 Å². The van der Waals surface area contributed by atoms with E-state index in [9.17, 15) is 9.59 Å². The van der Waals surface area contributed by atoms with E-state index in [4.69, 9.17) is 0 Å². The SMILES string of the molecule is CC(=O)NC12CC(C(=O)N3CC(C4CCCCCCCCCC4)C3)(C1)C2. The number of amides is 2. The zero-order valence-electron chi connectivity index (χ0n) is 16.5. The van der Waals surface area contributed by atoms with Crippen LogP contribution in [0.3, 0.4) is 0 Å². The fraction of sp³-hybridized carbons (Fsp3) is 0.909. The van der Waals surface area contributed by atoms with E-state index in [1.807, 2.05) is 0 Å². The molecule has 0 atom stereocenters. The summed E-state index contributed by atoms with van der Waals surface area (Å²) in [6.07, 6.45) is 16.7. The van der Waals surface area contributed by atoms with Crippen molar-refractivity contribution in [3.05, 3.63) is 0 Å². The molecule has 26 heavy (non-hydrogen) atoms. The first-order chi connectivity index (χ1) is 12.5. The lowest BCUT2D eigenvalue weighted by Crippen LogP contribution is -2.79. The molecule has 4 heteroatoms. The number of hydrogen-bond donors (Lipinski definition) is 1. The molecule has 5 fully saturated rings. The summed E-state index contributed by atoms with van der Waals surface area (Å²) in [5.41, 5.74) is -0.137. The van der Waals surface area contributed by atoms with Crippen LogP contribution in [0.5, 0.6) is 0 Å². The van der Waals surface area contributed by atoms with Gasteiger partial charge in [0.1, 0.15) is 0 Å². The van der Waals surface area contributed by atoms with Gasteiger partial charge in [0.05, 0.1) is 5.41 Å². The van der Waals surface area contributed by atoms with E-state index in [1.54, 1.807) is 6.92 Å². The molecule has 4 saturated carbocycles. The summed E-state index contributed by atoms with van der Waals surface area (Å²) in [6.45, 7) is 3.58. The van der Waals surface area contributed by atoms with Gasteiger partial charge in [-0.3, -0.25) is 9.59 Å². The van der Waals surface area contributed by atoms with Crippen LogP contribution in [0.15, 0.2) is 0 Å². The molecule has 0 aromatic carbocycles. The van der Waals surface area contributed by atoms with Crippen molar-refractivity contribution in [2.75, 3.05) is 13.1 Å². The van der Waals surface area contributed by atoms with E-state index in [0.717, 1.165) is 44.2 Å². The molecule has 2 bridgehead atoms. The third-order valence-electron chi connectivity index (χ3n) is 7.69. The number of likely N-dealkylation sites (tertiary alicyclic amines) is 1. The minimum absolute atomic E-state index is 0.0272. The minimum atomic E-state index is -0.109. The Morgan fingerprint density at radius 2 is 1.31 bits per heavy atom. The van der Waals surface area contributed by atoms with E-state index in [-0.39, 0.29) is 16.9 Å². The van der Waals surface area contributed by atoms with Gasteiger partial charge in [-0.15, -0.1) is 0 Å². The van der Waals surface area contributed by atoms with E-state index in [2.05, 4.69) is 10.2 Å². The van der Waals surface area contributed by atoms with Gasteiger partial charge in [-0.1, -0.05) is 64.2 Å². The molecule has 0 unspecified atom stereocenters. The van der Waals surface area contributed by atoms with Crippen LogP contribution >= 0.6 is 0 Å². The Morgan fingerprint density at radius 3 is 1.81 bits per heavy atom. The summed E-state index contributed by atoms with van der Waals surface area (Å²) in [5, 5.41) is 3.06. The zero-order valence-corrected chi connectivity index (χ0v) is 16.5. The first kappa shape index (κ1) is 18.3. The zero-order chi connectivity index (χ0) is 18.2. The van der Waals surface area contributed by atoms with Gasteiger partial charge in [-0.25, -0.2) is 0 Å². The molecule has 0 spiro atoms. The standard InChI is InChI=1S/C22H36N2O2/c1-17(25)23-22-14-21(15-22,16-22)20(26)24-12-19(13-24)18-10-8-6-4-2-3-5-7-9-11-18/h18-19H,2-16H2,1H3,(H,23,25). The fourth-order valence-corrected chi connectivity index (χ4v) is 6.32. The normalized spacial score (nSPS) is 36.1. The Hall–Kier alpha value is -1.06. The van der Waals surface area contributed by atoms with Crippen molar-refractivity contribution in [3.63, 3.8) is 0 Å². The van der Waals surface area contributed by atoms with Crippen molar-refractivity contribution < 1.29 is 9.59 Å². The number of nitrogens with zero attached hydrogens (tertiary/aromatic N) is 1. The molecule has 5 aliphatic rings. The molecule has 1 heterocycles. The molecule has 5 rings (SSSR count). The molecule has 0 aromatic rings. The van der Waals surface area contributed by atoms with Gasteiger partial charge in [0.15, 0.2) is 0 Å². The van der Waals surface area contributed by atoms with Crippen LogP contribution in [-0.4, -0.2) is 35.3 Å². The first-order valence-electron chi connectivity index (χ1n) is 11.1. The van der Waals surface area contributed by atoms with Gasteiger partial charge >= 0.3 is 0 Å².